The van der Waals surface area contributed by atoms with Crippen LogP contribution in [0.25, 0.3) is 0 Å². The minimum atomic E-state index is 0.533. The van der Waals surface area contributed by atoms with Crippen molar-refractivity contribution in [1.29, 1.82) is 0 Å². The molecule has 0 aromatic heterocycles. The molecule has 0 bridgehead atoms. The smallest absolute Gasteiger partial charge is 0.207 e. The fourth-order valence-corrected chi connectivity index (χ4v) is 2.13. The second-order valence-electron chi connectivity index (χ2n) is 5.54. The lowest BCUT2D eigenvalue weighted by molar-refractivity contribution is -0.110. The van der Waals surface area contributed by atoms with Gasteiger partial charge in [-0.15, -0.1) is 0 Å². The Bertz CT molecular complexity index is 397. The van der Waals surface area contributed by atoms with Gasteiger partial charge in [0.1, 0.15) is 0 Å². The van der Waals surface area contributed by atoms with Crippen LogP contribution >= 0.6 is 0 Å². The maximum atomic E-state index is 10.0. The first kappa shape index (κ1) is 22.0. The van der Waals surface area contributed by atoms with Gasteiger partial charge in [-0.2, -0.15) is 0 Å². The number of nitrogens with one attached hydrogen (secondary N) is 4. The van der Waals surface area contributed by atoms with E-state index in [1.807, 2.05) is 24.3 Å². The van der Waals surface area contributed by atoms with Gasteiger partial charge in [-0.3, -0.25) is 9.59 Å². The Balaban J connectivity index is 0.000000230. The molecule has 2 aliphatic heterocycles. The molecule has 0 spiro atoms. The highest BCUT2D eigenvalue weighted by Gasteiger charge is 1.94. The molecule has 0 saturated carbocycles. The van der Waals surface area contributed by atoms with E-state index in [0.717, 1.165) is 63.7 Å². The molecule has 2 heterocycles. The number of benzene rings is 1. The summed E-state index contributed by atoms with van der Waals surface area (Å²) in [4.78, 5) is 20.1. The van der Waals surface area contributed by atoms with Crippen molar-refractivity contribution in [1.82, 2.24) is 21.3 Å². The van der Waals surface area contributed by atoms with Crippen molar-refractivity contribution in [2.45, 2.75) is 13.1 Å². The highest BCUT2D eigenvalue weighted by Crippen LogP contribution is 2.03. The third-order valence-electron chi connectivity index (χ3n) is 3.49. The third kappa shape index (κ3) is 12.4. The zero-order chi connectivity index (χ0) is 18.7. The van der Waals surface area contributed by atoms with Crippen LogP contribution < -0.4 is 21.3 Å². The van der Waals surface area contributed by atoms with Gasteiger partial charge in [0, 0.05) is 39.3 Å². The number of hydrogen-bond donors (Lipinski definition) is 4. The SMILES string of the molecule is C1COCCN1.C1COCCN1.O=CNCc1ccc(CNC=O)cc1. The monoisotopic (exact) mass is 366 g/mol. The molecule has 3 rings (SSSR count). The molecule has 1 aromatic rings. The molecule has 8 heteroatoms. The zero-order valence-electron chi connectivity index (χ0n) is 15.2. The van der Waals surface area contributed by atoms with Crippen molar-refractivity contribution >= 4 is 12.8 Å². The van der Waals surface area contributed by atoms with Crippen LogP contribution in [0.15, 0.2) is 24.3 Å². The Labute approximate surface area is 155 Å². The van der Waals surface area contributed by atoms with Gasteiger partial charge in [0.25, 0.3) is 0 Å². The van der Waals surface area contributed by atoms with Crippen molar-refractivity contribution in [3.8, 4) is 0 Å². The molecule has 2 saturated heterocycles. The average molecular weight is 366 g/mol. The van der Waals surface area contributed by atoms with Crippen LogP contribution in [0.3, 0.4) is 0 Å². The molecule has 146 valence electrons. The first-order valence-corrected chi connectivity index (χ1v) is 8.85. The second kappa shape index (κ2) is 16.5. The summed E-state index contributed by atoms with van der Waals surface area (Å²) < 4.78 is 10.0. The summed E-state index contributed by atoms with van der Waals surface area (Å²) in [5.74, 6) is 0. The molecule has 0 aliphatic carbocycles. The van der Waals surface area contributed by atoms with Gasteiger partial charge in [-0.25, -0.2) is 0 Å². The molecular weight excluding hydrogens is 336 g/mol. The molecule has 0 unspecified atom stereocenters. The Hall–Kier alpha value is -2.00. The molecule has 0 atom stereocenters. The fourth-order valence-electron chi connectivity index (χ4n) is 2.13. The van der Waals surface area contributed by atoms with E-state index in [0.29, 0.717) is 25.9 Å². The van der Waals surface area contributed by atoms with E-state index in [-0.39, 0.29) is 0 Å². The Morgan fingerprint density at radius 2 is 1.08 bits per heavy atom. The topological polar surface area (TPSA) is 101 Å². The number of ether oxygens (including phenoxy) is 2. The van der Waals surface area contributed by atoms with Crippen molar-refractivity contribution < 1.29 is 19.1 Å². The van der Waals surface area contributed by atoms with Crippen LogP contribution in [0.4, 0.5) is 0 Å². The first-order chi connectivity index (χ1) is 12.9. The van der Waals surface area contributed by atoms with E-state index in [1.54, 1.807) is 0 Å². The van der Waals surface area contributed by atoms with Gasteiger partial charge in [-0.1, -0.05) is 24.3 Å². The van der Waals surface area contributed by atoms with Gasteiger partial charge in [-0.05, 0) is 11.1 Å². The lowest BCUT2D eigenvalue weighted by Crippen LogP contribution is -2.30. The summed E-state index contributed by atoms with van der Waals surface area (Å²) in [6.07, 6.45) is 1.34. The summed E-state index contributed by atoms with van der Waals surface area (Å²) in [6.45, 7) is 8.73. The summed E-state index contributed by atoms with van der Waals surface area (Å²) in [7, 11) is 0. The van der Waals surface area contributed by atoms with Crippen LogP contribution in [-0.4, -0.2) is 65.4 Å². The largest absolute Gasteiger partial charge is 0.379 e. The Kier molecular flexibility index (Phi) is 14.0. The van der Waals surface area contributed by atoms with Crippen LogP contribution in [0, 0.1) is 0 Å². The van der Waals surface area contributed by atoms with E-state index < -0.39 is 0 Å². The molecule has 8 nitrogen and oxygen atoms in total. The predicted molar refractivity (Wildman–Crippen MR) is 99.6 cm³/mol. The normalized spacial score (nSPS) is 16.0. The quantitative estimate of drug-likeness (QED) is 0.501. The maximum absolute atomic E-state index is 10.0. The summed E-state index contributed by atoms with van der Waals surface area (Å²) in [6, 6.07) is 7.66. The standard InChI is InChI=1S/C10H12N2O2.2C4H9NO/c13-7-11-5-9-1-2-10(4-3-9)6-12-8-14;2*1-3-6-4-2-5-1/h1-4,7-8H,5-6H2,(H,11,13)(H,12,14);2*5H,1-4H2. The van der Waals surface area contributed by atoms with Crippen LogP contribution in [0.5, 0.6) is 0 Å². The Morgan fingerprint density at radius 3 is 1.27 bits per heavy atom. The summed E-state index contributed by atoms with van der Waals surface area (Å²) >= 11 is 0. The van der Waals surface area contributed by atoms with Gasteiger partial charge >= 0.3 is 0 Å². The van der Waals surface area contributed by atoms with Crippen molar-refractivity contribution in [3.63, 3.8) is 0 Å². The molecule has 0 radical (unpaired) electrons. The van der Waals surface area contributed by atoms with Crippen molar-refractivity contribution in [2.24, 2.45) is 0 Å². The minimum Gasteiger partial charge on any atom is -0.379 e. The average Bonchev–Trinajstić information content (AvgIpc) is 2.75. The molecule has 26 heavy (non-hydrogen) atoms. The van der Waals surface area contributed by atoms with E-state index >= 15 is 0 Å². The van der Waals surface area contributed by atoms with Gasteiger partial charge in [0.15, 0.2) is 0 Å². The lowest BCUT2D eigenvalue weighted by Gasteiger charge is -2.10. The maximum Gasteiger partial charge on any atom is 0.207 e. The third-order valence-corrected chi connectivity index (χ3v) is 3.49. The highest BCUT2D eigenvalue weighted by molar-refractivity contribution is 5.47. The second-order valence-corrected chi connectivity index (χ2v) is 5.54. The van der Waals surface area contributed by atoms with E-state index in [1.165, 1.54) is 0 Å². The number of amides is 2. The number of carbonyl (C=O) groups excluding carboxylic acids is 2. The van der Waals surface area contributed by atoms with Crippen molar-refractivity contribution in [3.05, 3.63) is 35.4 Å². The van der Waals surface area contributed by atoms with Gasteiger partial charge < -0.3 is 30.7 Å². The van der Waals surface area contributed by atoms with Crippen LogP contribution in [0.1, 0.15) is 11.1 Å². The zero-order valence-corrected chi connectivity index (χ0v) is 15.2. The molecule has 1 aromatic carbocycles. The van der Waals surface area contributed by atoms with Gasteiger partial charge in [0.2, 0.25) is 12.8 Å². The predicted octanol–water partition coefficient (Wildman–Crippen LogP) is -0.609. The van der Waals surface area contributed by atoms with E-state index in [2.05, 4.69) is 21.3 Å². The summed E-state index contributed by atoms with van der Waals surface area (Å²) in [5.41, 5.74) is 2.07. The van der Waals surface area contributed by atoms with Crippen LogP contribution in [0.2, 0.25) is 0 Å². The number of carbonyl (C=O) groups is 2. The number of hydrogen-bond acceptors (Lipinski definition) is 6. The molecular formula is C18H30N4O4. The Morgan fingerprint density at radius 1 is 0.731 bits per heavy atom. The molecule has 4 N–H and O–H groups in total. The van der Waals surface area contributed by atoms with Crippen LogP contribution in [-0.2, 0) is 32.2 Å². The summed E-state index contributed by atoms with van der Waals surface area (Å²) in [5, 5.41) is 11.5. The highest BCUT2D eigenvalue weighted by atomic mass is 16.5. The van der Waals surface area contributed by atoms with E-state index in [9.17, 15) is 9.59 Å². The minimum absolute atomic E-state index is 0.533. The number of morpholine rings is 2. The molecule has 2 amide bonds. The first-order valence-electron chi connectivity index (χ1n) is 8.85. The van der Waals surface area contributed by atoms with Gasteiger partial charge in [0.05, 0.1) is 26.4 Å². The van der Waals surface area contributed by atoms with E-state index in [4.69, 9.17) is 9.47 Å². The van der Waals surface area contributed by atoms with Crippen molar-refractivity contribution in [2.75, 3.05) is 52.6 Å². The lowest BCUT2D eigenvalue weighted by atomic mass is 10.1. The molecule has 2 aliphatic rings. The molecule has 2 fully saturated rings. The fraction of sp³-hybridized carbons (Fsp3) is 0.556. The number of rotatable bonds is 6.